The Bertz CT molecular complexity index is 798. The number of likely N-dealkylation sites (N-methyl/N-ethyl adjacent to an activating group) is 1. The molecule has 0 spiro atoms. The van der Waals surface area contributed by atoms with Crippen LogP contribution in [0, 0.1) is 5.92 Å². The fourth-order valence-corrected chi connectivity index (χ4v) is 4.27. The number of carbonyl (C=O) groups is 3. The lowest BCUT2D eigenvalue weighted by Gasteiger charge is -2.45. The number of carbonyl (C=O) groups excluding carboxylic acids is 3. The summed E-state index contributed by atoms with van der Waals surface area (Å²) in [5.41, 5.74) is 1.44. The van der Waals surface area contributed by atoms with Crippen LogP contribution >= 0.6 is 0 Å². The molecule has 4 atom stereocenters. The van der Waals surface area contributed by atoms with E-state index in [9.17, 15) is 14.4 Å². The highest BCUT2D eigenvalue weighted by molar-refractivity contribution is 6.00. The van der Waals surface area contributed by atoms with Crippen LogP contribution in [0.4, 0.5) is 10.5 Å². The van der Waals surface area contributed by atoms with Crippen molar-refractivity contribution in [3.05, 3.63) is 29.8 Å². The molecule has 9 heteroatoms. The van der Waals surface area contributed by atoms with Crippen LogP contribution in [-0.2, 0) is 9.53 Å². The lowest BCUT2D eigenvalue weighted by atomic mass is 10.0. The number of nitrogens with one attached hydrogen (secondary N) is 2. The number of nitrogens with zero attached hydrogens (tertiary/aromatic N) is 3. The van der Waals surface area contributed by atoms with E-state index in [1.165, 1.54) is 4.90 Å². The second-order valence-corrected chi connectivity index (χ2v) is 7.56. The zero-order valence-electron chi connectivity index (χ0n) is 16.2. The molecular formula is C19H25N5O4. The zero-order chi connectivity index (χ0) is 20.0. The second kappa shape index (κ2) is 7.06. The Morgan fingerprint density at radius 2 is 1.93 bits per heavy atom. The van der Waals surface area contributed by atoms with E-state index in [0.717, 1.165) is 18.8 Å². The molecule has 3 heterocycles. The van der Waals surface area contributed by atoms with Crippen LogP contribution in [0.15, 0.2) is 24.3 Å². The smallest absolute Gasteiger partial charge is 0.338 e. The van der Waals surface area contributed by atoms with Gasteiger partial charge in [-0.05, 0) is 37.1 Å². The van der Waals surface area contributed by atoms with E-state index in [1.807, 2.05) is 12.1 Å². The Kier molecular flexibility index (Phi) is 4.72. The molecule has 28 heavy (non-hydrogen) atoms. The van der Waals surface area contributed by atoms with Crippen LogP contribution in [0.2, 0.25) is 0 Å². The topological polar surface area (TPSA) is 94.2 Å². The Morgan fingerprint density at radius 3 is 2.61 bits per heavy atom. The monoisotopic (exact) mass is 387 g/mol. The summed E-state index contributed by atoms with van der Waals surface area (Å²) < 4.78 is 5.04. The molecule has 150 valence electrons. The fourth-order valence-electron chi connectivity index (χ4n) is 4.27. The van der Waals surface area contributed by atoms with Crippen LogP contribution < -0.4 is 15.5 Å². The van der Waals surface area contributed by atoms with Crippen LogP contribution in [-0.4, -0.2) is 72.9 Å². The Labute approximate surface area is 163 Å². The highest BCUT2D eigenvalue weighted by atomic mass is 16.5. The normalized spacial score (nSPS) is 30.0. The maximum atomic E-state index is 12.5. The number of hydrogen-bond acceptors (Lipinski definition) is 7. The third-order valence-corrected chi connectivity index (χ3v) is 5.56. The number of benzene rings is 1. The summed E-state index contributed by atoms with van der Waals surface area (Å²) in [5.74, 6) is -0.281. The molecule has 3 aliphatic rings. The molecule has 1 aromatic rings. The van der Waals surface area contributed by atoms with Crippen molar-refractivity contribution in [3.8, 4) is 0 Å². The Morgan fingerprint density at radius 1 is 1.21 bits per heavy atom. The third kappa shape index (κ3) is 3.00. The van der Waals surface area contributed by atoms with Crippen molar-refractivity contribution in [2.75, 3.05) is 31.6 Å². The molecule has 3 aliphatic heterocycles. The summed E-state index contributed by atoms with van der Waals surface area (Å²) in [5, 5.41) is 5.87. The molecular weight excluding hydrogens is 362 g/mol. The van der Waals surface area contributed by atoms with Gasteiger partial charge in [0.25, 0.3) is 0 Å². The number of rotatable bonds is 3. The van der Waals surface area contributed by atoms with Gasteiger partial charge in [-0.25, -0.2) is 9.59 Å². The largest absolute Gasteiger partial charge is 0.462 e. The average Bonchev–Trinajstić information content (AvgIpc) is 3.06. The maximum Gasteiger partial charge on any atom is 0.338 e. The molecule has 9 nitrogen and oxygen atoms in total. The van der Waals surface area contributed by atoms with Crippen molar-refractivity contribution in [1.82, 2.24) is 20.4 Å². The minimum Gasteiger partial charge on any atom is -0.462 e. The van der Waals surface area contributed by atoms with Gasteiger partial charge in [0, 0.05) is 25.8 Å². The van der Waals surface area contributed by atoms with Gasteiger partial charge in [0.2, 0.25) is 5.91 Å². The van der Waals surface area contributed by atoms with Gasteiger partial charge in [-0.3, -0.25) is 20.3 Å². The van der Waals surface area contributed by atoms with Crippen molar-refractivity contribution in [3.63, 3.8) is 0 Å². The predicted molar refractivity (Wildman–Crippen MR) is 101 cm³/mol. The minimum atomic E-state index is -0.434. The van der Waals surface area contributed by atoms with Crippen LogP contribution in [0.5, 0.6) is 0 Å². The van der Waals surface area contributed by atoms with E-state index in [1.54, 1.807) is 26.1 Å². The number of imide groups is 1. The van der Waals surface area contributed by atoms with Gasteiger partial charge in [0.1, 0.15) is 18.5 Å². The summed E-state index contributed by atoms with van der Waals surface area (Å²) in [6.45, 7) is 5.80. The summed E-state index contributed by atoms with van der Waals surface area (Å²) >= 11 is 0. The zero-order valence-corrected chi connectivity index (χ0v) is 16.2. The standard InChI is InChI=1S/C19H25N5O4/c1-4-28-17(26)12-5-7-13(8-6-12)23-9-11(2)10-24-14-15(20-18(23)24)22(3)19(27)21-16(14)25/h5-8,11,14-15,18,20H,4,9-10H2,1-3H3,(H,21,25,27). The summed E-state index contributed by atoms with van der Waals surface area (Å²) in [6, 6.07) is 6.46. The highest BCUT2D eigenvalue weighted by Crippen LogP contribution is 2.32. The molecule has 0 saturated carbocycles. The SMILES string of the molecule is CCOC(=O)c1ccc(N2CC(C)CN3C4C(=O)NC(=O)N(C)C4NC23)cc1. The van der Waals surface area contributed by atoms with Crippen molar-refractivity contribution in [1.29, 1.82) is 0 Å². The van der Waals surface area contributed by atoms with Gasteiger partial charge >= 0.3 is 12.0 Å². The van der Waals surface area contributed by atoms with E-state index in [2.05, 4.69) is 27.4 Å². The maximum absolute atomic E-state index is 12.5. The average molecular weight is 387 g/mol. The third-order valence-electron chi connectivity index (χ3n) is 5.56. The quantitative estimate of drug-likeness (QED) is 0.725. The molecule has 2 N–H and O–H groups in total. The lowest BCUT2D eigenvalue weighted by Crippen LogP contribution is -2.65. The van der Waals surface area contributed by atoms with Gasteiger partial charge in [-0.2, -0.15) is 0 Å². The summed E-state index contributed by atoms with van der Waals surface area (Å²) in [6.07, 6.45) is -0.586. The van der Waals surface area contributed by atoms with E-state index in [0.29, 0.717) is 18.1 Å². The number of esters is 1. The Hall–Kier alpha value is -2.65. The van der Waals surface area contributed by atoms with Gasteiger partial charge in [0.05, 0.1) is 12.2 Å². The molecule has 3 saturated heterocycles. The number of hydrogen-bond donors (Lipinski definition) is 2. The number of urea groups is 1. The molecule has 0 aliphatic carbocycles. The molecule has 3 fully saturated rings. The summed E-state index contributed by atoms with van der Waals surface area (Å²) in [4.78, 5) is 42.2. The van der Waals surface area contributed by atoms with Crippen molar-refractivity contribution >= 4 is 23.6 Å². The fraction of sp³-hybridized carbons (Fsp3) is 0.526. The van der Waals surface area contributed by atoms with Crippen molar-refractivity contribution < 1.29 is 19.1 Å². The number of anilines is 1. The van der Waals surface area contributed by atoms with E-state index < -0.39 is 12.1 Å². The van der Waals surface area contributed by atoms with E-state index in [-0.39, 0.29) is 24.3 Å². The van der Waals surface area contributed by atoms with Crippen molar-refractivity contribution in [2.45, 2.75) is 32.3 Å². The molecule has 3 amide bonds. The molecule has 1 aromatic carbocycles. The molecule has 0 aromatic heterocycles. The molecule has 4 rings (SSSR count). The van der Waals surface area contributed by atoms with Gasteiger partial charge in [-0.15, -0.1) is 0 Å². The van der Waals surface area contributed by atoms with Crippen molar-refractivity contribution in [2.24, 2.45) is 5.92 Å². The second-order valence-electron chi connectivity index (χ2n) is 7.56. The van der Waals surface area contributed by atoms with Gasteiger partial charge in [-0.1, -0.05) is 6.92 Å². The highest BCUT2D eigenvalue weighted by Gasteiger charge is 2.54. The van der Waals surface area contributed by atoms with E-state index in [4.69, 9.17) is 4.74 Å². The van der Waals surface area contributed by atoms with E-state index >= 15 is 0 Å². The van der Waals surface area contributed by atoms with Crippen LogP contribution in [0.1, 0.15) is 24.2 Å². The first-order chi connectivity index (χ1) is 13.4. The lowest BCUT2D eigenvalue weighted by molar-refractivity contribution is -0.128. The molecule has 0 bridgehead atoms. The van der Waals surface area contributed by atoms with Gasteiger partial charge < -0.3 is 14.5 Å². The number of amides is 3. The number of ether oxygens (including phenoxy) is 1. The first kappa shape index (κ1) is 18.7. The van der Waals surface area contributed by atoms with Crippen LogP contribution in [0.3, 0.4) is 0 Å². The number of fused-ring (bicyclic) bond motifs is 3. The van der Waals surface area contributed by atoms with Gasteiger partial charge in [0.15, 0.2) is 0 Å². The first-order valence-electron chi connectivity index (χ1n) is 9.54. The molecule has 0 radical (unpaired) electrons. The predicted octanol–water partition coefficient (Wildman–Crippen LogP) is 0.385. The Balaban J connectivity index is 1.61. The molecule has 4 unspecified atom stereocenters. The summed E-state index contributed by atoms with van der Waals surface area (Å²) in [7, 11) is 1.69. The minimum absolute atomic E-state index is 0.209. The van der Waals surface area contributed by atoms with Crippen LogP contribution in [0.25, 0.3) is 0 Å². The first-order valence-corrected chi connectivity index (χ1v) is 9.54.